The number of urea groups is 1. The summed E-state index contributed by atoms with van der Waals surface area (Å²) in [5, 5.41) is 9.11. The molecule has 2 atom stereocenters. The van der Waals surface area contributed by atoms with Crippen LogP contribution in [-0.4, -0.2) is 90.6 Å². The van der Waals surface area contributed by atoms with Crippen LogP contribution in [0.3, 0.4) is 0 Å². The Morgan fingerprint density at radius 3 is 1.89 bits per heavy atom. The van der Waals surface area contributed by atoms with E-state index in [0.29, 0.717) is 48.5 Å². The molecule has 15 heteroatoms. The largest absolute Gasteiger partial charge is 0.416 e. The van der Waals surface area contributed by atoms with Crippen molar-refractivity contribution in [1.82, 2.24) is 14.7 Å². The molecule has 2 unspecified atom stereocenters. The molecule has 0 saturated carbocycles. The maximum atomic E-state index is 13.8. The van der Waals surface area contributed by atoms with E-state index in [9.17, 15) is 45.1 Å². The van der Waals surface area contributed by atoms with Crippen LogP contribution in [0.5, 0.6) is 0 Å². The summed E-state index contributed by atoms with van der Waals surface area (Å²) in [5.41, 5.74) is -3.14. The van der Waals surface area contributed by atoms with Crippen molar-refractivity contribution in [1.29, 1.82) is 0 Å². The minimum Gasteiger partial charge on any atom is -0.387 e. The lowest BCUT2D eigenvalue weighted by molar-refractivity contribution is -0.143. The number of benzene rings is 2. The molecule has 0 bridgehead atoms. The van der Waals surface area contributed by atoms with Gasteiger partial charge in [0.25, 0.3) is 0 Å². The summed E-state index contributed by atoms with van der Waals surface area (Å²) in [6, 6.07) is 4.85. The predicted molar refractivity (Wildman–Crippen MR) is 149 cm³/mol. The highest BCUT2D eigenvalue weighted by molar-refractivity contribution is 5.92. The lowest BCUT2D eigenvalue weighted by Gasteiger charge is -2.45. The van der Waals surface area contributed by atoms with Crippen LogP contribution >= 0.6 is 0 Å². The number of aliphatic hydroxyl groups is 1. The van der Waals surface area contributed by atoms with Crippen LogP contribution in [0.2, 0.25) is 0 Å². The van der Waals surface area contributed by atoms with Crippen molar-refractivity contribution in [2.24, 2.45) is 5.92 Å². The van der Waals surface area contributed by atoms with Crippen LogP contribution in [0.15, 0.2) is 42.5 Å². The Morgan fingerprint density at radius 2 is 1.38 bits per heavy atom. The van der Waals surface area contributed by atoms with Crippen LogP contribution < -0.4 is 4.90 Å². The summed E-state index contributed by atoms with van der Waals surface area (Å²) >= 11 is 0. The number of likely N-dealkylation sites (tertiary alicyclic amines) is 2. The number of rotatable bonds is 5. The number of hydrogen-bond donors (Lipinski definition) is 1. The second-order valence-electron chi connectivity index (χ2n) is 11.3. The first-order valence-corrected chi connectivity index (χ1v) is 14.2. The highest BCUT2D eigenvalue weighted by atomic mass is 19.4. The number of amides is 4. The molecule has 4 rings (SSSR count). The molecule has 2 aromatic rings. The molecular formula is C30H33F7N4O4. The van der Waals surface area contributed by atoms with E-state index in [4.69, 9.17) is 5.11 Å². The van der Waals surface area contributed by atoms with Crippen LogP contribution in [0.4, 0.5) is 41.2 Å². The molecule has 0 spiro atoms. The molecule has 8 nitrogen and oxygen atoms in total. The number of hydrogen-bond acceptors (Lipinski definition) is 4. The molecular weight excluding hydrogens is 613 g/mol. The van der Waals surface area contributed by atoms with Gasteiger partial charge in [0.15, 0.2) is 0 Å². The van der Waals surface area contributed by atoms with Crippen molar-refractivity contribution in [3.63, 3.8) is 0 Å². The Hall–Kier alpha value is -3.88. The van der Waals surface area contributed by atoms with Gasteiger partial charge in [-0.25, -0.2) is 9.18 Å². The van der Waals surface area contributed by atoms with Crippen LogP contribution in [0, 0.1) is 11.7 Å². The van der Waals surface area contributed by atoms with Gasteiger partial charge in [-0.05, 0) is 55.2 Å². The van der Waals surface area contributed by atoms with Gasteiger partial charge in [0.05, 0.1) is 11.1 Å². The third-order valence-electron chi connectivity index (χ3n) is 8.56. The monoisotopic (exact) mass is 646 g/mol. The molecule has 0 aromatic heterocycles. The Morgan fingerprint density at radius 1 is 0.844 bits per heavy atom. The number of aliphatic hydroxyl groups excluding tert-OH is 1. The number of halogens is 7. The van der Waals surface area contributed by atoms with E-state index in [1.165, 1.54) is 41.1 Å². The predicted octanol–water partition coefficient (Wildman–Crippen LogP) is 4.97. The first kappa shape index (κ1) is 34.0. The summed E-state index contributed by atoms with van der Waals surface area (Å²) in [6.07, 6.45) is -9.17. The molecule has 4 amide bonds. The van der Waals surface area contributed by atoms with E-state index in [1.807, 2.05) is 0 Å². The van der Waals surface area contributed by atoms with Gasteiger partial charge >= 0.3 is 18.4 Å². The molecule has 2 aliphatic heterocycles. The van der Waals surface area contributed by atoms with E-state index in [0.717, 1.165) is 7.05 Å². The topological polar surface area (TPSA) is 84.4 Å². The average Bonchev–Trinajstić information content (AvgIpc) is 3.02. The summed E-state index contributed by atoms with van der Waals surface area (Å²) in [4.78, 5) is 43.9. The highest BCUT2D eigenvalue weighted by Crippen LogP contribution is 2.39. The summed E-state index contributed by atoms with van der Waals surface area (Å²) in [5.74, 6) is -2.04. The van der Waals surface area contributed by atoms with Crippen molar-refractivity contribution >= 4 is 23.5 Å². The van der Waals surface area contributed by atoms with E-state index < -0.39 is 65.5 Å². The van der Waals surface area contributed by atoms with Crippen molar-refractivity contribution in [2.45, 2.75) is 43.6 Å². The molecule has 2 aliphatic rings. The minimum absolute atomic E-state index is 0.0167. The highest BCUT2D eigenvalue weighted by Gasteiger charge is 2.41. The Bertz CT molecular complexity index is 1360. The third-order valence-corrected chi connectivity index (χ3v) is 8.56. The fourth-order valence-corrected chi connectivity index (χ4v) is 6.00. The zero-order valence-corrected chi connectivity index (χ0v) is 24.5. The zero-order chi connectivity index (χ0) is 33.3. The SMILES string of the molecule is CN(C(=O)N(C)C1CCN(C(=O)C2CCN(C(=O)CO)CC2)CC1c1ccc(F)cc1)c1cc(C(F)(F)F)cc(C(F)(F)F)c1. The summed E-state index contributed by atoms with van der Waals surface area (Å²) in [6.45, 7) is 0.323. The molecule has 2 aromatic carbocycles. The number of carbonyl (C=O) groups excluding carboxylic acids is 3. The molecule has 0 aliphatic carbocycles. The fraction of sp³-hybridized carbons (Fsp3) is 0.500. The van der Waals surface area contributed by atoms with Crippen LogP contribution in [0.1, 0.15) is 41.9 Å². The van der Waals surface area contributed by atoms with E-state index in [2.05, 4.69) is 0 Å². The van der Waals surface area contributed by atoms with Gasteiger partial charge in [-0.3, -0.25) is 14.5 Å². The lowest BCUT2D eigenvalue weighted by atomic mass is 9.84. The van der Waals surface area contributed by atoms with Gasteiger partial charge < -0.3 is 19.8 Å². The van der Waals surface area contributed by atoms with E-state index in [-0.39, 0.29) is 37.4 Å². The second kappa shape index (κ2) is 13.2. The average molecular weight is 647 g/mol. The quantitative estimate of drug-likeness (QED) is 0.466. The Balaban J connectivity index is 1.57. The number of piperidine rings is 2. The van der Waals surface area contributed by atoms with Gasteiger partial charge in [0.2, 0.25) is 11.8 Å². The lowest BCUT2D eigenvalue weighted by Crippen LogP contribution is -2.55. The van der Waals surface area contributed by atoms with Gasteiger partial charge in [0, 0.05) is 63.8 Å². The molecule has 0 radical (unpaired) electrons. The van der Waals surface area contributed by atoms with Crippen LogP contribution in [0.25, 0.3) is 0 Å². The van der Waals surface area contributed by atoms with E-state index in [1.54, 1.807) is 4.90 Å². The smallest absolute Gasteiger partial charge is 0.387 e. The maximum Gasteiger partial charge on any atom is 0.416 e. The molecule has 45 heavy (non-hydrogen) atoms. The van der Waals surface area contributed by atoms with Gasteiger partial charge in [-0.2, -0.15) is 26.3 Å². The molecule has 2 heterocycles. The molecule has 2 saturated heterocycles. The van der Waals surface area contributed by atoms with Crippen molar-refractivity contribution in [3.05, 3.63) is 65.0 Å². The number of anilines is 1. The molecule has 246 valence electrons. The standard InChI is InChI=1S/C30H33F7N4O4/c1-38(23-14-20(29(32,33)34)13-21(15-23)30(35,36)37)28(45)39(2)25-9-12-41(16-24(25)18-3-5-22(31)6-4-18)27(44)19-7-10-40(11-8-19)26(43)17-42/h3-6,13-15,19,24-25,42H,7-12,16-17H2,1-2H3. The minimum atomic E-state index is -5.09. The Kier molecular flexibility index (Phi) is 10.00. The Labute approximate surface area is 255 Å². The van der Waals surface area contributed by atoms with Crippen molar-refractivity contribution < 1.29 is 50.2 Å². The van der Waals surface area contributed by atoms with Crippen LogP contribution in [-0.2, 0) is 21.9 Å². The number of carbonyl (C=O) groups is 3. The first-order chi connectivity index (χ1) is 21.0. The third kappa shape index (κ3) is 7.68. The zero-order valence-electron chi connectivity index (χ0n) is 24.5. The van der Waals surface area contributed by atoms with E-state index >= 15 is 0 Å². The van der Waals surface area contributed by atoms with Crippen molar-refractivity contribution in [3.8, 4) is 0 Å². The summed E-state index contributed by atoms with van der Waals surface area (Å²) in [7, 11) is 2.46. The van der Waals surface area contributed by atoms with Gasteiger partial charge in [-0.15, -0.1) is 0 Å². The first-order valence-electron chi connectivity index (χ1n) is 14.2. The molecule has 1 N–H and O–H groups in total. The summed E-state index contributed by atoms with van der Waals surface area (Å²) < 4.78 is 94.5. The number of nitrogens with zero attached hydrogens (tertiary/aromatic N) is 4. The number of alkyl halides is 6. The second-order valence-corrected chi connectivity index (χ2v) is 11.3. The number of likely N-dealkylation sites (N-methyl/N-ethyl adjacent to an activating group) is 1. The van der Waals surface area contributed by atoms with Crippen molar-refractivity contribution in [2.75, 3.05) is 51.8 Å². The van der Waals surface area contributed by atoms with Gasteiger partial charge in [-0.1, -0.05) is 12.1 Å². The fourth-order valence-electron chi connectivity index (χ4n) is 6.00. The normalized spacial score (nSPS) is 19.8. The molecule has 2 fully saturated rings. The maximum absolute atomic E-state index is 13.8. The van der Waals surface area contributed by atoms with Gasteiger partial charge in [0.1, 0.15) is 12.4 Å².